The number of aryl methyl sites for hydroxylation is 1. The number of benzene rings is 1. The Labute approximate surface area is 160 Å². The summed E-state index contributed by atoms with van der Waals surface area (Å²) >= 11 is 1.64. The van der Waals surface area contributed by atoms with Crippen LogP contribution < -0.4 is 5.32 Å². The highest BCUT2D eigenvalue weighted by atomic mass is 32.1. The number of rotatable bonds is 5. The first-order valence-corrected chi connectivity index (χ1v) is 9.51. The molecule has 4 rings (SSSR count). The van der Waals surface area contributed by atoms with Crippen LogP contribution in [0.1, 0.15) is 24.5 Å². The third-order valence-electron chi connectivity index (χ3n) is 4.07. The fraction of sp³-hybridized carbons (Fsp3) is 0.211. The molecule has 7 nitrogen and oxygen atoms in total. The van der Waals surface area contributed by atoms with Crippen LogP contribution in [0.4, 0.5) is 5.69 Å². The highest BCUT2D eigenvalue weighted by molar-refractivity contribution is 7.09. The Morgan fingerprint density at radius 3 is 2.85 bits per heavy atom. The average Bonchev–Trinajstić information content (AvgIpc) is 3.30. The van der Waals surface area contributed by atoms with Crippen LogP contribution in [0.3, 0.4) is 0 Å². The van der Waals surface area contributed by atoms with Crippen molar-refractivity contribution in [3.8, 4) is 11.4 Å². The van der Waals surface area contributed by atoms with Gasteiger partial charge >= 0.3 is 0 Å². The molecule has 0 aliphatic rings. The number of fused-ring (bicyclic) bond motifs is 1. The summed E-state index contributed by atoms with van der Waals surface area (Å²) in [6, 6.07) is 9.50. The molecular formula is C19H18N6OS. The van der Waals surface area contributed by atoms with Crippen molar-refractivity contribution in [2.24, 2.45) is 0 Å². The van der Waals surface area contributed by atoms with Gasteiger partial charge in [0.2, 0.25) is 5.91 Å². The maximum atomic E-state index is 11.2. The highest BCUT2D eigenvalue weighted by Crippen LogP contribution is 2.22. The minimum Gasteiger partial charge on any atom is -0.326 e. The number of pyridine rings is 1. The lowest BCUT2D eigenvalue weighted by Gasteiger charge is -2.04. The molecule has 0 radical (unpaired) electrons. The van der Waals surface area contributed by atoms with Crippen LogP contribution in [0.25, 0.3) is 22.3 Å². The van der Waals surface area contributed by atoms with Crippen LogP contribution in [-0.4, -0.2) is 30.9 Å². The molecule has 1 aromatic carbocycles. The van der Waals surface area contributed by atoms with Crippen LogP contribution in [0.5, 0.6) is 0 Å². The van der Waals surface area contributed by atoms with Crippen molar-refractivity contribution in [1.82, 2.24) is 25.0 Å². The van der Waals surface area contributed by atoms with E-state index in [9.17, 15) is 4.79 Å². The summed E-state index contributed by atoms with van der Waals surface area (Å²) in [6.07, 6.45) is 2.82. The Morgan fingerprint density at radius 1 is 1.19 bits per heavy atom. The predicted octanol–water partition coefficient (Wildman–Crippen LogP) is 3.52. The van der Waals surface area contributed by atoms with Crippen molar-refractivity contribution in [3.05, 3.63) is 52.6 Å². The third-order valence-corrected chi connectivity index (χ3v) is 4.95. The van der Waals surface area contributed by atoms with E-state index in [1.165, 1.54) is 6.92 Å². The Bertz CT molecular complexity index is 1120. The molecule has 27 heavy (non-hydrogen) atoms. The lowest BCUT2D eigenvalue weighted by atomic mass is 10.1. The van der Waals surface area contributed by atoms with Gasteiger partial charge in [-0.25, -0.2) is 14.6 Å². The predicted molar refractivity (Wildman–Crippen MR) is 106 cm³/mol. The zero-order valence-electron chi connectivity index (χ0n) is 15.0. The normalized spacial score (nSPS) is 11.0. The number of nitrogens with one attached hydrogen (secondary N) is 1. The fourth-order valence-corrected chi connectivity index (χ4v) is 3.63. The zero-order chi connectivity index (χ0) is 18.8. The molecule has 0 atom stereocenters. The van der Waals surface area contributed by atoms with E-state index < -0.39 is 0 Å². The summed E-state index contributed by atoms with van der Waals surface area (Å²) < 4.78 is 1.78. The number of anilines is 1. The van der Waals surface area contributed by atoms with E-state index in [0.717, 1.165) is 45.1 Å². The standard InChI is InChI=1S/C19H18N6OS/c1-3-14-11-27-19(21-14)10-25-9-18(23-24-25)17-6-4-13-8-15(20-12(2)26)5-7-16(13)22-17/h4-9,11H,3,10H2,1-2H3,(H,20,26). The van der Waals surface area contributed by atoms with E-state index in [1.807, 2.05) is 36.5 Å². The topological polar surface area (TPSA) is 85.6 Å². The van der Waals surface area contributed by atoms with Crippen molar-refractivity contribution < 1.29 is 4.79 Å². The Morgan fingerprint density at radius 2 is 2.07 bits per heavy atom. The fourth-order valence-electron chi connectivity index (χ4n) is 2.76. The van der Waals surface area contributed by atoms with E-state index in [-0.39, 0.29) is 5.91 Å². The van der Waals surface area contributed by atoms with E-state index in [2.05, 4.69) is 37.9 Å². The second kappa shape index (κ2) is 7.24. The van der Waals surface area contributed by atoms with Gasteiger partial charge in [-0.2, -0.15) is 0 Å². The minimum atomic E-state index is -0.0955. The van der Waals surface area contributed by atoms with E-state index in [0.29, 0.717) is 6.54 Å². The molecule has 0 bridgehead atoms. The number of hydrogen-bond acceptors (Lipinski definition) is 6. The molecule has 0 saturated heterocycles. The molecular weight excluding hydrogens is 360 g/mol. The van der Waals surface area contributed by atoms with Gasteiger partial charge in [0.1, 0.15) is 10.7 Å². The van der Waals surface area contributed by atoms with Crippen LogP contribution in [0.2, 0.25) is 0 Å². The van der Waals surface area contributed by atoms with E-state index in [1.54, 1.807) is 16.0 Å². The Hall–Kier alpha value is -3.13. The average molecular weight is 378 g/mol. The second-order valence-electron chi connectivity index (χ2n) is 6.17. The first-order valence-electron chi connectivity index (χ1n) is 8.63. The van der Waals surface area contributed by atoms with Gasteiger partial charge < -0.3 is 5.32 Å². The van der Waals surface area contributed by atoms with Gasteiger partial charge in [-0.05, 0) is 30.7 Å². The van der Waals surface area contributed by atoms with Crippen molar-refractivity contribution in [2.75, 3.05) is 5.32 Å². The summed E-state index contributed by atoms with van der Waals surface area (Å²) in [7, 11) is 0. The summed E-state index contributed by atoms with van der Waals surface area (Å²) in [6.45, 7) is 4.19. The smallest absolute Gasteiger partial charge is 0.221 e. The van der Waals surface area contributed by atoms with Crippen molar-refractivity contribution in [3.63, 3.8) is 0 Å². The maximum absolute atomic E-state index is 11.2. The number of aromatic nitrogens is 5. The number of nitrogens with zero attached hydrogens (tertiary/aromatic N) is 5. The quantitative estimate of drug-likeness (QED) is 0.574. The lowest BCUT2D eigenvalue weighted by Crippen LogP contribution is -2.05. The number of thiazole rings is 1. The van der Waals surface area contributed by atoms with Gasteiger partial charge in [-0.1, -0.05) is 18.2 Å². The molecule has 0 spiro atoms. The van der Waals surface area contributed by atoms with Gasteiger partial charge in [0.05, 0.1) is 29.6 Å². The van der Waals surface area contributed by atoms with Crippen LogP contribution in [-0.2, 0) is 17.8 Å². The van der Waals surface area contributed by atoms with Crippen LogP contribution in [0.15, 0.2) is 41.9 Å². The van der Waals surface area contributed by atoms with Crippen molar-refractivity contribution in [2.45, 2.75) is 26.8 Å². The molecule has 0 saturated carbocycles. The lowest BCUT2D eigenvalue weighted by molar-refractivity contribution is -0.114. The maximum Gasteiger partial charge on any atom is 0.221 e. The molecule has 3 heterocycles. The van der Waals surface area contributed by atoms with Crippen molar-refractivity contribution in [1.29, 1.82) is 0 Å². The monoisotopic (exact) mass is 378 g/mol. The molecule has 3 aromatic heterocycles. The summed E-state index contributed by atoms with van der Waals surface area (Å²) in [4.78, 5) is 20.4. The number of amides is 1. The number of carbonyl (C=O) groups is 1. The Balaban J connectivity index is 1.57. The van der Waals surface area contributed by atoms with E-state index in [4.69, 9.17) is 0 Å². The zero-order valence-corrected chi connectivity index (χ0v) is 15.8. The molecule has 1 amide bonds. The molecule has 0 fully saturated rings. The third kappa shape index (κ3) is 3.85. The van der Waals surface area contributed by atoms with E-state index >= 15 is 0 Å². The van der Waals surface area contributed by atoms with Gasteiger partial charge in [-0.15, -0.1) is 16.4 Å². The molecule has 8 heteroatoms. The van der Waals surface area contributed by atoms with Gasteiger partial charge in [0.15, 0.2) is 0 Å². The van der Waals surface area contributed by atoms with Gasteiger partial charge in [-0.3, -0.25) is 4.79 Å². The summed E-state index contributed by atoms with van der Waals surface area (Å²) in [5.41, 5.74) is 4.17. The van der Waals surface area contributed by atoms with Gasteiger partial charge in [0, 0.05) is 23.4 Å². The molecule has 0 aliphatic heterocycles. The number of carbonyl (C=O) groups excluding carboxylic acids is 1. The Kier molecular flexibility index (Phi) is 4.64. The molecule has 136 valence electrons. The molecule has 1 N–H and O–H groups in total. The second-order valence-corrected chi connectivity index (χ2v) is 7.12. The van der Waals surface area contributed by atoms with Crippen LogP contribution in [0, 0.1) is 0 Å². The molecule has 4 aromatic rings. The minimum absolute atomic E-state index is 0.0955. The first-order chi connectivity index (χ1) is 13.1. The van der Waals surface area contributed by atoms with Crippen molar-refractivity contribution >= 4 is 33.8 Å². The largest absolute Gasteiger partial charge is 0.326 e. The highest BCUT2D eigenvalue weighted by Gasteiger charge is 2.09. The SMILES string of the molecule is CCc1csc(Cn2cc(-c3ccc4cc(NC(C)=O)ccc4n3)nn2)n1. The number of hydrogen-bond donors (Lipinski definition) is 1. The first kappa shape index (κ1) is 17.3. The molecule has 0 aliphatic carbocycles. The molecule has 0 unspecified atom stereocenters. The summed E-state index contributed by atoms with van der Waals surface area (Å²) in [5, 5.41) is 15.3. The van der Waals surface area contributed by atoms with Gasteiger partial charge in [0.25, 0.3) is 0 Å². The summed E-state index contributed by atoms with van der Waals surface area (Å²) in [5.74, 6) is -0.0955. The van der Waals surface area contributed by atoms with Crippen LogP contribution >= 0.6 is 11.3 Å².